The molecule has 0 radical (unpaired) electrons. The number of anilines is 1. The summed E-state index contributed by atoms with van der Waals surface area (Å²) in [5, 5.41) is 2.85. The molecular formula is C16H17IN2O3. The predicted molar refractivity (Wildman–Crippen MR) is 93.5 cm³/mol. The maximum atomic E-state index is 12.4. The lowest BCUT2D eigenvalue weighted by Gasteiger charge is -2.12. The molecule has 0 aliphatic heterocycles. The number of hydrogen-bond donors (Lipinski definition) is 1. The summed E-state index contributed by atoms with van der Waals surface area (Å²) in [7, 11) is 1.60. The van der Waals surface area contributed by atoms with Crippen LogP contribution in [0.4, 0.5) is 5.69 Å². The van der Waals surface area contributed by atoms with Gasteiger partial charge >= 0.3 is 0 Å². The van der Waals surface area contributed by atoms with E-state index < -0.39 is 0 Å². The lowest BCUT2D eigenvalue weighted by atomic mass is 10.1. The van der Waals surface area contributed by atoms with E-state index in [2.05, 4.69) is 32.9 Å². The van der Waals surface area contributed by atoms with Gasteiger partial charge < -0.3 is 14.8 Å². The lowest BCUT2D eigenvalue weighted by Crippen LogP contribution is -2.16. The van der Waals surface area contributed by atoms with Gasteiger partial charge in [-0.05, 0) is 53.3 Å². The van der Waals surface area contributed by atoms with Crippen molar-refractivity contribution in [3.05, 3.63) is 51.2 Å². The second kappa shape index (κ2) is 8.09. The Morgan fingerprint density at radius 2 is 2.09 bits per heavy atom. The molecule has 0 aliphatic carbocycles. The summed E-state index contributed by atoms with van der Waals surface area (Å²) >= 11 is 2.17. The molecule has 1 N–H and O–H groups in total. The van der Waals surface area contributed by atoms with Crippen LogP contribution in [0.2, 0.25) is 0 Å². The molecule has 0 aliphatic rings. The van der Waals surface area contributed by atoms with E-state index in [1.807, 2.05) is 19.1 Å². The number of halogens is 1. The zero-order valence-electron chi connectivity index (χ0n) is 12.4. The highest BCUT2D eigenvalue weighted by Gasteiger charge is 2.14. The molecule has 5 nitrogen and oxygen atoms in total. The molecule has 1 amide bonds. The summed E-state index contributed by atoms with van der Waals surface area (Å²) < 4.78 is 11.4. The van der Waals surface area contributed by atoms with Gasteiger partial charge in [-0.15, -0.1) is 0 Å². The van der Waals surface area contributed by atoms with Crippen LogP contribution in [0.5, 0.6) is 5.88 Å². The molecule has 1 aromatic carbocycles. The Kier molecular flexibility index (Phi) is 6.14. The van der Waals surface area contributed by atoms with Crippen LogP contribution in [-0.2, 0) is 4.74 Å². The summed E-state index contributed by atoms with van der Waals surface area (Å²) in [6.07, 6.45) is 1.62. The van der Waals surface area contributed by atoms with Crippen molar-refractivity contribution in [3.8, 4) is 5.88 Å². The van der Waals surface area contributed by atoms with Crippen LogP contribution >= 0.6 is 22.6 Å². The van der Waals surface area contributed by atoms with E-state index in [9.17, 15) is 4.79 Å². The molecule has 0 fully saturated rings. The summed E-state index contributed by atoms with van der Waals surface area (Å²) in [4.78, 5) is 16.6. The van der Waals surface area contributed by atoms with Crippen LogP contribution in [0.25, 0.3) is 0 Å². The molecule has 0 atom stereocenters. The van der Waals surface area contributed by atoms with E-state index in [0.29, 0.717) is 30.3 Å². The molecule has 2 aromatic rings. The van der Waals surface area contributed by atoms with E-state index in [1.54, 1.807) is 31.5 Å². The molecule has 2 rings (SSSR count). The van der Waals surface area contributed by atoms with Gasteiger partial charge in [0.15, 0.2) is 0 Å². The molecule has 0 bridgehead atoms. The molecule has 0 saturated carbocycles. The predicted octanol–water partition coefficient (Wildman–Crippen LogP) is 3.27. The fourth-order valence-electron chi connectivity index (χ4n) is 1.84. The minimum Gasteiger partial charge on any atom is -0.474 e. The molecule has 1 aromatic heterocycles. The standard InChI is InChI=1S/C16H17IN2O3/c1-11-5-3-6-12(14(11)17)15(20)19-13-7-4-8-18-16(13)22-10-9-21-2/h3-8H,9-10H2,1-2H3,(H,19,20). The van der Waals surface area contributed by atoms with E-state index in [1.165, 1.54) is 0 Å². The number of amides is 1. The summed E-state index contributed by atoms with van der Waals surface area (Å²) in [5.74, 6) is 0.202. The average molecular weight is 412 g/mol. The second-order valence-corrected chi connectivity index (χ2v) is 5.67. The second-order valence-electron chi connectivity index (χ2n) is 4.59. The molecular weight excluding hydrogens is 395 g/mol. The number of nitrogens with zero attached hydrogens (tertiary/aromatic N) is 1. The van der Waals surface area contributed by atoms with Gasteiger partial charge in [-0.1, -0.05) is 12.1 Å². The number of nitrogens with one attached hydrogen (secondary N) is 1. The van der Waals surface area contributed by atoms with Crippen LogP contribution in [0.3, 0.4) is 0 Å². The number of aryl methyl sites for hydroxylation is 1. The number of aromatic nitrogens is 1. The lowest BCUT2D eigenvalue weighted by molar-refractivity contribution is 0.102. The van der Waals surface area contributed by atoms with Crippen molar-refractivity contribution < 1.29 is 14.3 Å². The normalized spacial score (nSPS) is 10.3. The van der Waals surface area contributed by atoms with Gasteiger partial charge in [-0.3, -0.25) is 4.79 Å². The highest BCUT2D eigenvalue weighted by Crippen LogP contribution is 2.23. The summed E-state index contributed by atoms with van der Waals surface area (Å²) in [6.45, 7) is 2.81. The highest BCUT2D eigenvalue weighted by molar-refractivity contribution is 14.1. The van der Waals surface area contributed by atoms with Crippen molar-refractivity contribution in [2.45, 2.75) is 6.92 Å². The monoisotopic (exact) mass is 412 g/mol. The fourth-order valence-corrected chi connectivity index (χ4v) is 2.44. The minimum absolute atomic E-state index is 0.183. The SMILES string of the molecule is COCCOc1ncccc1NC(=O)c1cccc(C)c1I. The first-order valence-electron chi connectivity index (χ1n) is 6.76. The Balaban J connectivity index is 2.16. The fraction of sp³-hybridized carbons (Fsp3) is 0.250. The van der Waals surface area contributed by atoms with E-state index >= 15 is 0 Å². The molecule has 1 heterocycles. The van der Waals surface area contributed by atoms with E-state index in [0.717, 1.165) is 9.13 Å². The van der Waals surface area contributed by atoms with Gasteiger partial charge in [0.25, 0.3) is 5.91 Å². The Labute approximate surface area is 143 Å². The highest BCUT2D eigenvalue weighted by atomic mass is 127. The molecule has 0 unspecified atom stereocenters. The number of benzene rings is 1. The number of ether oxygens (including phenoxy) is 2. The zero-order valence-corrected chi connectivity index (χ0v) is 14.6. The zero-order chi connectivity index (χ0) is 15.9. The topological polar surface area (TPSA) is 60.5 Å². The van der Waals surface area contributed by atoms with Crippen LogP contribution < -0.4 is 10.1 Å². The molecule has 0 spiro atoms. The summed E-state index contributed by atoms with van der Waals surface area (Å²) in [5.41, 5.74) is 2.24. The van der Waals surface area contributed by atoms with Crippen molar-refractivity contribution in [1.29, 1.82) is 0 Å². The van der Waals surface area contributed by atoms with Gasteiger partial charge in [-0.25, -0.2) is 4.98 Å². The van der Waals surface area contributed by atoms with Crippen molar-refractivity contribution in [2.24, 2.45) is 0 Å². The number of pyridine rings is 1. The summed E-state index contributed by atoms with van der Waals surface area (Å²) in [6, 6.07) is 9.15. The van der Waals surface area contributed by atoms with Gasteiger partial charge in [-0.2, -0.15) is 0 Å². The Morgan fingerprint density at radius 3 is 2.86 bits per heavy atom. The van der Waals surface area contributed by atoms with Crippen LogP contribution in [0.15, 0.2) is 36.5 Å². The maximum Gasteiger partial charge on any atom is 0.256 e. The first-order chi connectivity index (χ1) is 10.6. The Bertz CT molecular complexity index is 662. The van der Waals surface area contributed by atoms with Gasteiger partial charge in [0.1, 0.15) is 12.3 Å². The number of methoxy groups -OCH3 is 1. The number of rotatable bonds is 6. The average Bonchev–Trinajstić information content (AvgIpc) is 2.52. The number of hydrogen-bond acceptors (Lipinski definition) is 4. The molecule has 6 heteroatoms. The van der Waals surface area contributed by atoms with Gasteiger partial charge in [0.05, 0.1) is 12.2 Å². The molecule has 116 valence electrons. The Hall–Kier alpha value is -1.67. The van der Waals surface area contributed by atoms with Crippen molar-refractivity contribution in [2.75, 3.05) is 25.6 Å². The maximum absolute atomic E-state index is 12.4. The molecule has 0 saturated heterocycles. The number of carbonyl (C=O) groups excluding carboxylic acids is 1. The van der Waals surface area contributed by atoms with E-state index in [-0.39, 0.29) is 5.91 Å². The van der Waals surface area contributed by atoms with Crippen LogP contribution in [0, 0.1) is 10.5 Å². The number of carbonyl (C=O) groups is 1. The first kappa shape index (κ1) is 16.7. The third-order valence-corrected chi connectivity index (χ3v) is 4.41. The van der Waals surface area contributed by atoms with Crippen molar-refractivity contribution in [3.63, 3.8) is 0 Å². The first-order valence-corrected chi connectivity index (χ1v) is 7.84. The largest absolute Gasteiger partial charge is 0.474 e. The minimum atomic E-state index is -0.183. The van der Waals surface area contributed by atoms with E-state index in [4.69, 9.17) is 9.47 Å². The smallest absolute Gasteiger partial charge is 0.256 e. The third kappa shape index (κ3) is 4.17. The van der Waals surface area contributed by atoms with Crippen molar-refractivity contribution >= 4 is 34.2 Å². The third-order valence-electron chi connectivity index (χ3n) is 2.98. The van der Waals surface area contributed by atoms with Crippen LogP contribution in [-0.4, -0.2) is 31.2 Å². The van der Waals surface area contributed by atoms with Gasteiger partial charge in [0.2, 0.25) is 5.88 Å². The quantitative estimate of drug-likeness (QED) is 0.585. The van der Waals surface area contributed by atoms with Gasteiger partial charge in [0, 0.05) is 16.9 Å². The van der Waals surface area contributed by atoms with Crippen LogP contribution in [0.1, 0.15) is 15.9 Å². The molecule has 22 heavy (non-hydrogen) atoms. The Morgan fingerprint density at radius 1 is 1.27 bits per heavy atom. The van der Waals surface area contributed by atoms with Crippen molar-refractivity contribution in [1.82, 2.24) is 4.98 Å².